The van der Waals surface area contributed by atoms with E-state index in [2.05, 4.69) is 90.8 Å². The molecule has 2 nitrogen and oxygen atoms in total. The monoisotopic (exact) mass is 539 g/mol. The van der Waals surface area contributed by atoms with E-state index in [9.17, 15) is 0 Å². The molecule has 2 aromatic carbocycles. The molecule has 1 aromatic heterocycles. The van der Waals surface area contributed by atoms with E-state index in [0.717, 1.165) is 55.7 Å². The van der Waals surface area contributed by atoms with Crippen molar-refractivity contribution in [3.8, 4) is 22.6 Å². The molecule has 0 radical (unpaired) electrons. The zero-order valence-electron chi connectivity index (χ0n) is 14.7. The molecule has 0 fully saturated rings. The SMILES string of the molecule is CCN(CC)Cc1c(-c2ccc(Br)cc2)oc(-c2ccc(Br)cc2)c1Br. The van der Waals surface area contributed by atoms with E-state index in [4.69, 9.17) is 4.42 Å². The van der Waals surface area contributed by atoms with Crippen LogP contribution >= 0.6 is 47.8 Å². The van der Waals surface area contributed by atoms with E-state index < -0.39 is 0 Å². The lowest BCUT2D eigenvalue weighted by Crippen LogP contribution is -2.22. The highest BCUT2D eigenvalue weighted by molar-refractivity contribution is 9.11. The zero-order valence-corrected chi connectivity index (χ0v) is 19.5. The van der Waals surface area contributed by atoms with Gasteiger partial charge in [0.25, 0.3) is 0 Å². The van der Waals surface area contributed by atoms with Gasteiger partial charge in [-0.3, -0.25) is 4.90 Å². The Hall–Kier alpha value is -0.880. The maximum atomic E-state index is 6.38. The highest BCUT2D eigenvalue weighted by atomic mass is 79.9. The van der Waals surface area contributed by atoms with Crippen LogP contribution in [0.5, 0.6) is 0 Å². The molecule has 26 heavy (non-hydrogen) atoms. The fourth-order valence-electron chi connectivity index (χ4n) is 2.88. The first-order chi connectivity index (χ1) is 12.5. The molecule has 0 atom stereocenters. The second-order valence-corrected chi connectivity index (χ2v) is 8.65. The van der Waals surface area contributed by atoms with Crippen LogP contribution in [0.4, 0.5) is 0 Å². The van der Waals surface area contributed by atoms with E-state index in [1.165, 1.54) is 5.56 Å². The Bertz CT molecular complexity index is 866. The lowest BCUT2D eigenvalue weighted by Gasteiger charge is -2.18. The van der Waals surface area contributed by atoms with Crippen molar-refractivity contribution < 1.29 is 4.42 Å². The molecule has 0 bridgehead atoms. The minimum absolute atomic E-state index is 0.846. The maximum absolute atomic E-state index is 6.38. The maximum Gasteiger partial charge on any atom is 0.149 e. The van der Waals surface area contributed by atoms with Crippen LogP contribution in [0, 0.1) is 0 Å². The van der Waals surface area contributed by atoms with Crippen LogP contribution in [0.2, 0.25) is 0 Å². The van der Waals surface area contributed by atoms with Gasteiger partial charge in [0, 0.05) is 32.2 Å². The summed E-state index contributed by atoms with van der Waals surface area (Å²) in [5, 5.41) is 0. The molecule has 0 aliphatic rings. The molecular weight excluding hydrogens is 522 g/mol. The first-order valence-electron chi connectivity index (χ1n) is 8.58. The topological polar surface area (TPSA) is 16.4 Å². The number of hydrogen-bond acceptors (Lipinski definition) is 2. The normalized spacial score (nSPS) is 11.3. The largest absolute Gasteiger partial charge is 0.455 e. The summed E-state index contributed by atoms with van der Waals surface area (Å²) in [7, 11) is 0. The van der Waals surface area contributed by atoms with Crippen LogP contribution in [0.3, 0.4) is 0 Å². The van der Waals surface area contributed by atoms with Gasteiger partial charge in [0.05, 0.1) is 4.47 Å². The van der Waals surface area contributed by atoms with Crippen LogP contribution in [-0.4, -0.2) is 18.0 Å². The molecule has 1 heterocycles. The summed E-state index contributed by atoms with van der Waals surface area (Å²) in [6.45, 7) is 7.22. The highest BCUT2D eigenvalue weighted by Crippen LogP contribution is 2.41. The zero-order chi connectivity index (χ0) is 18.7. The fourth-order valence-corrected chi connectivity index (χ4v) is 4.02. The van der Waals surface area contributed by atoms with Crippen LogP contribution in [-0.2, 0) is 6.54 Å². The minimum atomic E-state index is 0.846. The molecule has 136 valence electrons. The van der Waals surface area contributed by atoms with Crippen molar-refractivity contribution in [3.05, 3.63) is 67.5 Å². The quantitative estimate of drug-likeness (QED) is 0.317. The molecule has 0 saturated heterocycles. The molecular formula is C21H20Br3NO. The van der Waals surface area contributed by atoms with Gasteiger partial charge in [-0.05, 0) is 53.3 Å². The Morgan fingerprint density at radius 3 is 1.65 bits per heavy atom. The van der Waals surface area contributed by atoms with Crippen molar-refractivity contribution in [2.45, 2.75) is 20.4 Å². The van der Waals surface area contributed by atoms with Crippen molar-refractivity contribution in [2.75, 3.05) is 13.1 Å². The Kier molecular flexibility index (Phi) is 6.78. The summed E-state index contributed by atoms with van der Waals surface area (Å²) < 4.78 is 9.53. The summed E-state index contributed by atoms with van der Waals surface area (Å²) in [5.41, 5.74) is 3.33. The first kappa shape index (κ1) is 19.9. The molecule has 0 N–H and O–H groups in total. The molecule has 0 aliphatic carbocycles. The van der Waals surface area contributed by atoms with Gasteiger partial charge in [0.15, 0.2) is 0 Å². The number of furan rings is 1. The molecule has 3 aromatic rings. The third-order valence-electron chi connectivity index (χ3n) is 4.43. The lowest BCUT2D eigenvalue weighted by molar-refractivity contribution is 0.295. The van der Waals surface area contributed by atoms with Crippen molar-refractivity contribution >= 4 is 47.8 Å². The fraction of sp³-hybridized carbons (Fsp3) is 0.238. The van der Waals surface area contributed by atoms with Crippen molar-refractivity contribution in [1.82, 2.24) is 4.90 Å². The second kappa shape index (κ2) is 8.87. The number of halogens is 3. The smallest absolute Gasteiger partial charge is 0.149 e. The van der Waals surface area contributed by atoms with E-state index in [-0.39, 0.29) is 0 Å². The van der Waals surface area contributed by atoms with Gasteiger partial charge in [-0.15, -0.1) is 0 Å². The Morgan fingerprint density at radius 1 is 0.731 bits per heavy atom. The molecule has 3 rings (SSSR count). The number of nitrogens with zero attached hydrogens (tertiary/aromatic N) is 1. The third kappa shape index (κ3) is 4.33. The second-order valence-electron chi connectivity index (χ2n) is 6.03. The van der Waals surface area contributed by atoms with Crippen LogP contribution in [0.25, 0.3) is 22.6 Å². The molecule has 0 spiro atoms. The summed E-state index contributed by atoms with van der Waals surface area (Å²) in [6, 6.07) is 16.5. The number of hydrogen-bond donors (Lipinski definition) is 0. The molecule has 0 aliphatic heterocycles. The Labute approximate surface area is 180 Å². The Morgan fingerprint density at radius 2 is 1.19 bits per heavy atom. The highest BCUT2D eigenvalue weighted by Gasteiger charge is 2.22. The average Bonchev–Trinajstić information content (AvgIpc) is 2.97. The van der Waals surface area contributed by atoms with Gasteiger partial charge in [-0.1, -0.05) is 70.0 Å². The van der Waals surface area contributed by atoms with Crippen LogP contribution in [0.15, 0.2) is 66.4 Å². The lowest BCUT2D eigenvalue weighted by atomic mass is 10.1. The van der Waals surface area contributed by atoms with Gasteiger partial charge >= 0.3 is 0 Å². The van der Waals surface area contributed by atoms with Crippen molar-refractivity contribution in [3.63, 3.8) is 0 Å². The van der Waals surface area contributed by atoms with Crippen LogP contribution in [0.1, 0.15) is 19.4 Å². The number of rotatable bonds is 6. The number of benzene rings is 2. The molecule has 0 unspecified atom stereocenters. The van der Waals surface area contributed by atoms with Gasteiger partial charge in [-0.2, -0.15) is 0 Å². The predicted molar refractivity (Wildman–Crippen MR) is 119 cm³/mol. The third-order valence-corrected chi connectivity index (χ3v) is 6.33. The first-order valence-corrected chi connectivity index (χ1v) is 11.0. The summed E-state index contributed by atoms with van der Waals surface area (Å²) >= 11 is 10.8. The van der Waals surface area contributed by atoms with Crippen LogP contribution < -0.4 is 0 Å². The van der Waals surface area contributed by atoms with E-state index in [1.54, 1.807) is 0 Å². The molecule has 0 saturated carbocycles. The summed E-state index contributed by atoms with van der Waals surface area (Å²) in [6.07, 6.45) is 0. The standard InChI is InChI=1S/C21H20Br3NO/c1-3-25(4-2)13-18-19(24)21(15-7-11-17(23)12-8-15)26-20(18)14-5-9-16(22)10-6-14/h5-12H,3-4,13H2,1-2H3. The van der Waals surface area contributed by atoms with Gasteiger partial charge in [0.1, 0.15) is 11.5 Å². The van der Waals surface area contributed by atoms with Gasteiger partial charge in [-0.25, -0.2) is 0 Å². The van der Waals surface area contributed by atoms with E-state index in [1.807, 2.05) is 24.3 Å². The Balaban J connectivity index is 2.12. The van der Waals surface area contributed by atoms with Gasteiger partial charge in [0.2, 0.25) is 0 Å². The summed E-state index contributed by atoms with van der Waals surface area (Å²) in [5.74, 6) is 1.80. The molecule has 0 amide bonds. The van der Waals surface area contributed by atoms with E-state index in [0.29, 0.717) is 0 Å². The minimum Gasteiger partial charge on any atom is -0.455 e. The van der Waals surface area contributed by atoms with Gasteiger partial charge < -0.3 is 4.42 Å². The van der Waals surface area contributed by atoms with Crippen molar-refractivity contribution in [2.24, 2.45) is 0 Å². The average molecular weight is 542 g/mol. The molecule has 5 heteroatoms. The summed E-state index contributed by atoms with van der Waals surface area (Å²) in [4.78, 5) is 2.39. The van der Waals surface area contributed by atoms with Crippen molar-refractivity contribution in [1.29, 1.82) is 0 Å². The van der Waals surface area contributed by atoms with E-state index >= 15 is 0 Å². The predicted octanol–water partition coefficient (Wildman–Crippen LogP) is 7.74.